The molecular formula is C20H36N2. The molecule has 2 aliphatic heterocycles. The van der Waals surface area contributed by atoms with E-state index >= 15 is 0 Å². The molecule has 4 unspecified atom stereocenters. The molecule has 2 bridgehead atoms. The zero-order chi connectivity index (χ0) is 15.1. The zero-order valence-electron chi connectivity index (χ0n) is 14.8. The Labute approximate surface area is 137 Å². The Bertz CT molecular complexity index is 322. The average molecular weight is 305 g/mol. The van der Waals surface area contributed by atoms with Crippen molar-refractivity contribution in [2.45, 2.75) is 52.4 Å². The van der Waals surface area contributed by atoms with Gasteiger partial charge in [0.05, 0.1) is 0 Å². The van der Waals surface area contributed by atoms with E-state index in [0.29, 0.717) is 0 Å². The second-order valence-electron chi connectivity index (χ2n) is 8.79. The summed E-state index contributed by atoms with van der Waals surface area (Å²) in [6.07, 6.45) is 8.66. The number of fused-ring (bicyclic) bond motifs is 1. The van der Waals surface area contributed by atoms with E-state index in [9.17, 15) is 0 Å². The van der Waals surface area contributed by atoms with Crippen LogP contribution in [0.4, 0.5) is 0 Å². The molecule has 2 heterocycles. The minimum atomic E-state index is 1.07. The molecule has 22 heavy (non-hydrogen) atoms. The SMILES string of the molecule is CCCCN1CC2C3CCC(C2C1)C1CN(CCCC)CC31. The maximum atomic E-state index is 2.83. The van der Waals surface area contributed by atoms with Gasteiger partial charge in [0, 0.05) is 26.2 Å². The van der Waals surface area contributed by atoms with Crippen LogP contribution < -0.4 is 0 Å². The van der Waals surface area contributed by atoms with E-state index in [-0.39, 0.29) is 0 Å². The van der Waals surface area contributed by atoms with Gasteiger partial charge in [0.25, 0.3) is 0 Å². The minimum Gasteiger partial charge on any atom is -0.303 e. The largest absolute Gasteiger partial charge is 0.303 e. The molecule has 4 atom stereocenters. The Hall–Kier alpha value is -0.0800. The second kappa shape index (κ2) is 6.43. The van der Waals surface area contributed by atoms with Gasteiger partial charge in [-0.15, -0.1) is 0 Å². The molecule has 126 valence electrons. The van der Waals surface area contributed by atoms with Crippen LogP contribution in [-0.2, 0) is 0 Å². The quantitative estimate of drug-likeness (QED) is 0.738. The molecule has 3 aliphatic carbocycles. The normalized spacial score (nSPS) is 44.5. The first-order valence-corrected chi connectivity index (χ1v) is 10.3. The van der Waals surface area contributed by atoms with Crippen LogP contribution >= 0.6 is 0 Å². The molecule has 0 amide bonds. The summed E-state index contributed by atoms with van der Waals surface area (Å²) >= 11 is 0. The average Bonchev–Trinajstić information content (AvgIpc) is 3.15. The molecule has 2 nitrogen and oxygen atoms in total. The Morgan fingerprint density at radius 2 is 0.955 bits per heavy atom. The predicted octanol–water partition coefficient (Wildman–Crippen LogP) is 3.72. The van der Waals surface area contributed by atoms with Crippen molar-refractivity contribution in [2.24, 2.45) is 35.5 Å². The highest BCUT2D eigenvalue weighted by Crippen LogP contribution is 2.59. The molecule has 0 N–H and O–H groups in total. The second-order valence-corrected chi connectivity index (χ2v) is 8.79. The van der Waals surface area contributed by atoms with Crippen molar-refractivity contribution in [1.82, 2.24) is 9.80 Å². The van der Waals surface area contributed by atoms with Gasteiger partial charge < -0.3 is 9.80 Å². The van der Waals surface area contributed by atoms with Gasteiger partial charge in [-0.2, -0.15) is 0 Å². The van der Waals surface area contributed by atoms with Gasteiger partial charge in [-0.1, -0.05) is 26.7 Å². The van der Waals surface area contributed by atoms with E-state index in [1.54, 1.807) is 12.8 Å². The summed E-state index contributed by atoms with van der Waals surface area (Å²) in [4.78, 5) is 5.67. The standard InChI is InChI=1S/C20H36N2/c1-3-5-9-21-11-17-15-7-8-16(18(17)12-21)20-14-22(10-6-4-2)13-19(15)20/h15-20H,3-14H2,1-2H3. The smallest absolute Gasteiger partial charge is 0.00158 e. The molecular weight excluding hydrogens is 268 g/mol. The summed E-state index contributed by atoms with van der Waals surface area (Å²) in [5.74, 6) is 6.45. The summed E-state index contributed by atoms with van der Waals surface area (Å²) in [6.45, 7) is 13.2. The topological polar surface area (TPSA) is 6.48 Å². The lowest BCUT2D eigenvalue weighted by Crippen LogP contribution is -2.49. The minimum absolute atomic E-state index is 1.07. The molecule has 5 fully saturated rings. The highest BCUT2D eigenvalue weighted by molar-refractivity contribution is 5.08. The molecule has 0 spiro atoms. The first kappa shape index (κ1) is 15.4. The monoisotopic (exact) mass is 304 g/mol. The fourth-order valence-corrected chi connectivity index (χ4v) is 6.70. The molecule has 2 saturated heterocycles. The van der Waals surface area contributed by atoms with Gasteiger partial charge in [0.2, 0.25) is 0 Å². The third-order valence-electron chi connectivity index (χ3n) is 7.66. The first-order valence-electron chi connectivity index (χ1n) is 10.3. The number of likely N-dealkylation sites (tertiary alicyclic amines) is 2. The molecule has 5 rings (SSSR count). The summed E-state index contributed by atoms with van der Waals surface area (Å²) in [5, 5.41) is 0. The van der Waals surface area contributed by atoms with Crippen molar-refractivity contribution < 1.29 is 0 Å². The van der Waals surface area contributed by atoms with Crippen molar-refractivity contribution >= 4 is 0 Å². The zero-order valence-corrected chi connectivity index (χ0v) is 14.8. The lowest BCUT2D eigenvalue weighted by molar-refractivity contribution is -0.0289. The highest BCUT2D eigenvalue weighted by Gasteiger charge is 2.58. The van der Waals surface area contributed by atoms with Crippen LogP contribution in [0.25, 0.3) is 0 Å². The van der Waals surface area contributed by atoms with Crippen LogP contribution in [0.5, 0.6) is 0 Å². The highest BCUT2D eigenvalue weighted by atomic mass is 15.2. The van der Waals surface area contributed by atoms with E-state index in [1.165, 1.54) is 65.0 Å². The van der Waals surface area contributed by atoms with Gasteiger partial charge in [-0.05, 0) is 74.3 Å². The van der Waals surface area contributed by atoms with E-state index < -0.39 is 0 Å². The lowest BCUT2D eigenvalue weighted by atomic mass is 9.52. The Balaban J connectivity index is 1.43. The Morgan fingerprint density at radius 1 is 0.591 bits per heavy atom. The van der Waals surface area contributed by atoms with Crippen molar-refractivity contribution in [3.05, 3.63) is 0 Å². The third-order valence-corrected chi connectivity index (χ3v) is 7.66. The van der Waals surface area contributed by atoms with Gasteiger partial charge in [0.1, 0.15) is 0 Å². The fraction of sp³-hybridized carbons (Fsp3) is 1.00. The molecule has 0 aromatic carbocycles. The molecule has 5 aliphatic rings. The molecule has 0 radical (unpaired) electrons. The fourth-order valence-electron chi connectivity index (χ4n) is 6.70. The van der Waals surface area contributed by atoms with E-state index in [0.717, 1.165) is 35.5 Å². The van der Waals surface area contributed by atoms with Gasteiger partial charge in [-0.3, -0.25) is 0 Å². The maximum Gasteiger partial charge on any atom is 0.00158 e. The van der Waals surface area contributed by atoms with Crippen molar-refractivity contribution in [2.75, 3.05) is 39.3 Å². The predicted molar refractivity (Wildman–Crippen MR) is 92.9 cm³/mol. The summed E-state index contributed by atoms with van der Waals surface area (Å²) in [7, 11) is 0. The van der Waals surface area contributed by atoms with Gasteiger partial charge in [0.15, 0.2) is 0 Å². The lowest BCUT2D eigenvalue weighted by Gasteiger charge is -2.52. The van der Waals surface area contributed by atoms with E-state index in [4.69, 9.17) is 0 Å². The number of unbranched alkanes of at least 4 members (excludes halogenated alkanes) is 2. The molecule has 0 aromatic heterocycles. The van der Waals surface area contributed by atoms with Crippen molar-refractivity contribution in [3.8, 4) is 0 Å². The molecule has 2 heteroatoms. The number of hydrogen-bond donors (Lipinski definition) is 0. The van der Waals surface area contributed by atoms with Gasteiger partial charge in [-0.25, -0.2) is 0 Å². The van der Waals surface area contributed by atoms with Crippen LogP contribution in [0.2, 0.25) is 0 Å². The van der Waals surface area contributed by atoms with E-state index in [2.05, 4.69) is 23.6 Å². The Kier molecular flexibility index (Phi) is 4.52. The Morgan fingerprint density at radius 3 is 1.27 bits per heavy atom. The van der Waals surface area contributed by atoms with Crippen LogP contribution in [0.15, 0.2) is 0 Å². The number of nitrogens with zero attached hydrogens (tertiary/aromatic N) is 2. The maximum absolute atomic E-state index is 2.83. The van der Waals surface area contributed by atoms with Crippen LogP contribution in [0.1, 0.15) is 52.4 Å². The number of hydrogen-bond acceptors (Lipinski definition) is 2. The van der Waals surface area contributed by atoms with Crippen LogP contribution in [0, 0.1) is 35.5 Å². The third kappa shape index (κ3) is 2.55. The molecule has 0 aromatic rings. The van der Waals surface area contributed by atoms with Gasteiger partial charge >= 0.3 is 0 Å². The van der Waals surface area contributed by atoms with Crippen LogP contribution in [0.3, 0.4) is 0 Å². The van der Waals surface area contributed by atoms with Crippen molar-refractivity contribution in [3.63, 3.8) is 0 Å². The van der Waals surface area contributed by atoms with E-state index in [1.807, 2.05) is 0 Å². The number of rotatable bonds is 6. The summed E-state index contributed by atoms with van der Waals surface area (Å²) < 4.78 is 0. The van der Waals surface area contributed by atoms with Crippen molar-refractivity contribution in [1.29, 1.82) is 0 Å². The summed E-state index contributed by atoms with van der Waals surface area (Å²) in [6, 6.07) is 0. The first-order chi connectivity index (χ1) is 10.8. The summed E-state index contributed by atoms with van der Waals surface area (Å²) in [5.41, 5.74) is 0. The molecule has 3 saturated carbocycles. The van der Waals surface area contributed by atoms with Crippen LogP contribution in [-0.4, -0.2) is 49.1 Å².